The van der Waals surface area contributed by atoms with Gasteiger partial charge in [-0.2, -0.15) is 0 Å². The fourth-order valence-corrected chi connectivity index (χ4v) is 2.93. The minimum atomic E-state index is -0.295. The van der Waals surface area contributed by atoms with Crippen LogP contribution in [0.25, 0.3) is 0 Å². The maximum absolute atomic E-state index is 12.3. The molecule has 1 aromatic heterocycles. The number of nitrogens with zero attached hydrogens (tertiary/aromatic N) is 2. The van der Waals surface area contributed by atoms with E-state index in [-0.39, 0.29) is 18.8 Å². The van der Waals surface area contributed by atoms with Crippen molar-refractivity contribution >= 4 is 22.0 Å². The molecule has 1 N–H and O–H groups in total. The highest BCUT2D eigenvalue weighted by Gasteiger charge is 2.25. The van der Waals surface area contributed by atoms with Gasteiger partial charge in [0, 0.05) is 30.3 Å². The molecule has 1 unspecified atom stereocenters. The molecule has 3 rings (SSSR count). The van der Waals surface area contributed by atoms with Crippen LogP contribution in [-0.2, 0) is 22.6 Å². The fraction of sp³-hybridized carbons (Fsp3) is 0.368. The summed E-state index contributed by atoms with van der Waals surface area (Å²) in [4.78, 5) is 18.3. The first-order chi connectivity index (χ1) is 12.7. The second-order valence-corrected chi connectivity index (χ2v) is 6.99. The number of nitrogens with one attached hydrogen (secondary N) is 1. The van der Waals surface area contributed by atoms with E-state index in [1.54, 1.807) is 11.1 Å². The lowest BCUT2D eigenvalue weighted by molar-refractivity contribution is -0.0271. The van der Waals surface area contributed by atoms with Crippen LogP contribution < -0.4 is 5.32 Å². The number of hydrogen-bond donors (Lipinski definition) is 1. The number of carbonyl (C=O) groups is 1. The highest BCUT2D eigenvalue weighted by molar-refractivity contribution is 9.10. The molecular weight excluding hydrogens is 398 g/mol. The second kappa shape index (κ2) is 9.66. The third-order valence-corrected chi connectivity index (χ3v) is 4.54. The number of hydrogen-bond acceptors (Lipinski definition) is 5. The quantitative estimate of drug-likeness (QED) is 0.779. The van der Waals surface area contributed by atoms with Gasteiger partial charge in [-0.3, -0.25) is 4.98 Å². The van der Waals surface area contributed by atoms with Gasteiger partial charge in [0.15, 0.2) is 0 Å². The maximum Gasteiger partial charge on any atom is 0.410 e. The predicted octanol–water partition coefficient (Wildman–Crippen LogP) is 2.97. The number of amides is 1. The summed E-state index contributed by atoms with van der Waals surface area (Å²) < 4.78 is 12.1. The Kier molecular flexibility index (Phi) is 6.99. The Bertz CT molecular complexity index is 697. The SMILES string of the molecule is O=C(OCc1ccccc1)N1CCOC(CNCc2ccc(Br)cn2)C1. The van der Waals surface area contributed by atoms with Crippen LogP contribution in [0.3, 0.4) is 0 Å². The fourth-order valence-electron chi connectivity index (χ4n) is 2.69. The summed E-state index contributed by atoms with van der Waals surface area (Å²) in [6.45, 7) is 3.19. The lowest BCUT2D eigenvalue weighted by Gasteiger charge is -2.32. The minimum Gasteiger partial charge on any atom is -0.445 e. The topological polar surface area (TPSA) is 63.7 Å². The van der Waals surface area contributed by atoms with Crippen LogP contribution in [0, 0.1) is 0 Å². The van der Waals surface area contributed by atoms with Crippen LogP contribution >= 0.6 is 15.9 Å². The molecule has 1 saturated heterocycles. The molecular formula is C19H22BrN3O3. The van der Waals surface area contributed by atoms with Gasteiger partial charge < -0.3 is 19.7 Å². The molecule has 0 spiro atoms. The molecule has 1 amide bonds. The van der Waals surface area contributed by atoms with Crippen molar-refractivity contribution in [2.24, 2.45) is 0 Å². The zero-order chi connectivity index (χ0) is 18.2. The number of halogens is 1. The average molecular weight is 420 g/mol. The van der Waals surface area contributed by atoms with E-state index < -0.39 is 0 Å². The molecule has 7 heteroatoms. The van der Waals surface area contributed by atoms with Crippen LogP contribution in [0.1, 0.15) is 11.3 Å². The molecule has 6 nitrogen and oxygen atoms in total. The highest BCUT2D eigenvalue weighted by Crippen LogP contribution is 2.10. The van der Waals surface area contributed by atoms with E-state index in [0.717, 1.165) is 15.7 Å². The third kappa shape index (κ3) is 5.79. The van der Waals surface area contributed by atoms with E-state index in [4.69, 9.17) is 9.47 Å². The summed E-state index contributed by atoms with van der Waals surface area (Å²) >= 11 is 3.37. The first-order valence-corrected chi connectivity index (χ1v) is 9.38. The Morgan fingerprint density at radius 3 is 2.92 bits per heavy atom. The first kappa shape index (κ1) is 18.8. The van der Waals surface area contributed by atoms with Crippen molar-refractivity contribution < 1.29 is 14.3 Å². The van der Waals surface area contributed by atoms with Crippen molar-refractivity contribution in [2.45, 2.75) is 19.3 Å². The molecule has 26 heavy (non-hydrogen) atoms. The lowest BCUT2D eigenvalue weighted by Crippen LogP contribution is -2.49. The van der Waals surface area contributed by atoms with E-state index >= 15 is 0 Å². The van der Waals surface area contributed by atoms with Crippen molar-refractivity contribution in [1.82, 2.24) is 15.2 Å². The van der Waals surface area contributed by atoms with Crippen molar-refractivity contribution in [2.75, 3.05) is 26.2 Å². The molecule has 1 fully saturated rings. The van der Waals surface area contributed by atoms with Gasteiger partial charge in [0.1, 0.15) is 6.61 Å². The van der Waals surface area contributed by atoms with Crippen LogP contribution in [0.5, 0.6) is 0 Å². The molecule has 2 aromatic rings. The number of ether oxygens (including phenoxy) is 2. The zero-order valence-corrected chi connectivity index (χ0v) is 16.0. The van der Waals surface area contributed by atoms with Crippen molar-refractivity contribution in [1.29, 1.82) is 0 Å². The maximum atomic E-state index is 12.3. The van der Waals surface area contributed by atoms with Gasteiger partial charge in [-0.25, -0.2) is 4.79 Å². The molecule has 0 saturated carbocycles. The summed E-state index contributed by atoms with van der Waals surface area (Å²) in [6, 6.07) is 13.6. The summed E-state index contributed by atoms with van der Waals surface area (Å²) in [6.07, 6.45) is 1.43. The number of aromatic nitrogens is 1. The van der Waals surface area contributed by atoms with Crippen LogP contribution in [0.15, 0.2) is 53.1 Å². The Balaban J connectivity index is 1.40. The summed E-state index contributed by atoms with van der Waals surface area (Å²) in [5, 5.41) is 3.33. The minimum absolute atomic E-state index is 0.0523. The standard InChI is InChI=1S/C19H22BrN3O3/c20-16-6-7-17(22-10-16)11-21-12-18-13-23(8-9-25-18)19(24)26-14-15-4-2-1-3-5-15/h1-7,10,18,21H,8-9,11-14H2. The monoisotopic (exact) mass is 419 g/mol. The van der Waals surface area contributed by atoms with Crippen molar-refractivity contribution in [3.05, 3.63) is 64.4 Å². The van der Waals surface area contributed by atoms with E-state index in [2.05, 4.69) is 26.2 Å². The van der Waals surface area contributed by atoms with Gasteiger partial charge in [-0.05, 0) is 33.6 Å². The normalized spacial score (nSPS) is 17.1. The van der Waals surface area contributed by atoms with Gasteiger partial charge in [-0.15, -0.1) is 0 Å². The largest absolute Gasteiger partial charge is 0.445 e. The second-order valence-electron chi connectivity index (χ2n) is 6.08. The lowest BCUT2D eigenvalue weighted by atomic mass is 10.2. The average Bonchev–Trinajstić information content (AvgIpc) is 2.69. The molecule has 1 aromatic carbocycles. The summed E-state index contributed by atoms with van der Waals surface area (Å²) in [5.41, 5.74) is 1.94. The molecule has 1 aliphatic rings. The van der Waals surface area contributed by atoms with Crippen LogP contribution in [-0.4, -0.2) is 48.3 Å². The smallest absolute Gasteiger partial charge is 0.410 e. The molecule has 0 aliphatic carbocycles. The molecule has 0 bridgehead atoms. The van der Waals surface area contributed by atoms with Gasteiger partial charge in [-0.1, -0.05) is 30.3 Å². The number of pyridine rings is 1. The first-order valence-electron chi connectivity index (χ1n) is 8.59. The molecule has 1 aliphatic heterocycles. The van der Waals surface area contributed by atoms with E-state index in [1.165, 1.54) is 0 Å². The Morgan fingerprint density at radius 2 is 2.15 bits per heavy atom. The van der Waals surface area contributed by atoms with Gasteiger partial charge >= 0.3 is 6.09 Å². The van der Waals surface area contributed by atoms with Gasteiger partial charge in [0.25, 0.3) is 0 Å². The number of morpholine rings is 1. The molecule has 2 heterocycles. The number of carbonyl (C=O) groups excluding carboxylic acids is 1. The van der Waals surface area contributed by atoms with E-state index in [1.807, 2.05) is 42.5 Å². The number of benzene rings is 1. The molecule has 138 valence electrons. The Labute approximate surface area is 161 Å². The molecule has 1 atom stereocenters. The van der Waals surface area contributed by atoms with Gasteiger partial charge in [0.05, 0.1) is 24.9 Å². The van der Waals surface area contributed by atoms with E-state index in [0.29, 0.717) is 32.8 Å². The highest BCUT2D eigenvalue weighted by atomic mass is 79.9. The van der Waals surface area contributed by atoms with E-state index in [9.17, 15) is 4.79 Å². The van der Waals surface area contributed by atoms with Crippen molar-refractivity contribution in [3.63, 3.8) is 0 Å². The van der Waals surface area contributed by atoms with Crippen LogP contribution in [0.2, 0.25) is 0 Å². The zero-order valence-electron chi connectivity index (χ0n) is 14.4. The Hall–Kier alpha value is -1.96. The summed E-state index contributed by atoms with van der Waals surface area (Å²) in [5.74, 6) is 0. The predicted molar refractivity (Wildman–Crippen MR) is 102 cm³/mol. The number of rotatable bonds is 6. The van der Waals surface area contributed by atoms with Gasteiger partial charge in [0.2, 0.25) is 0 Å². The summed E-state index contributed by atoms with van der Waals surface area (Å²) in [7, 11) is 0. The molecule has 0 radical (unpaired) electrons. The van der Waals surface area contributed by atoms with Crippen LogP contribution in [0.4, 0.5) is 4.79 Å². The third-order valence-electron chi connectivity index (χ3n) is 4.07. The van der Waals surface area contributed by atoms with Crippen molar-refractivity contribution in [3.8, 4) is 0 Å². The Morgan fingerprint density at radius 1 is 1.31 bits per heavy atom.